The molecule has 0 amide bonds. The minimum atomic E-state index is -0.796. The molecule has 0 aliphatic rings. The third-order valence-electron chi connectivity index (χ3n) is 2.80. The smallest absolute Gasteiger partial charge is 0.265 e. The van der Waals surface area contributed by atoms with Crippen LogP contribution in [-0.2, 0) is 0 Å². The summed E-state index contributed by atoms with van der Waals surface area (Å²) in [6.45, 7) is 2.61. The zero-order valence-electron chi connectivity index (χ0n) is 11.2. The summed E-state index contributed by atoms with van der Waals surface area (Å²) in [7, 11) is 0. The molecule has 0 spiro atoms. The van der Waals surface area contributed by atoms with Crippen molar-refractivity contribution < 1.29 is 13.5 Å². The molecule has 1 aromatic carbocycles. The predicted molar refractivity (Wildman–Crippen MR) is 73.6 cm³/mol. The number of halogens is 2. The topological polar surface area (TPSA) is 51.5 Å². The van der Waals surface area contributed by atoms with Gasteiger partial charge in [-0.1, -0.05) is 0 Å². The molecule has 0 bridgehead atoms. The molecule has 0 radical (unpaired) electrons. The van der Waals surface area contributed by atoms with Crippen LogP contribution in [0.25, 0.3) is 5.65 Å². The Morgan fingerprint density at radius 3 is 2.95 bits per heavy atom. The number of ether oxygens (including phenoxy) is 1. The summed E-state index contributed by atoms with van der Waals surface area (Å²) in [6, 6.07) is 3.09. The van der Waals surface area contributed by atoms with E-state index in [1.165, 1.54) is 6.07 Å². The van der Waals surface area contributed by atoms with E-state index in [0.717, 1.165) is 12.1 Å². The standard InChI is InChI=1S/C14H12F2N4O/c1-2-17-12-8-20-6-5-18-13(20)14(19-12)21-11-4-3-9(15)7-10(11)16/h3-8,17H,2H2,1H3. The van der Waals surface area contributed by atoms with Gasteiger partial charge < -0.3 is 10.1 Å². The molecular weight excluding hydrogens is 278 g/mol. The summed E-state index contributed by atoms with van der Waals surface area (Å²) >= 11 is 0. The largest absolute Gasteiger partial charge is 0.433 e. The van der Waals surface area contributed by atoms with Gasteiger partial charge in [0.25, 0.3) is 5.88 Å². The second-order valence-corrected chi connectivity index (χ2v) is 4.30. The van der Waals surface area contributed by atoms with E-state index in [1.807, 2.05) is 6.92 Å². The molecule has 108 valence electrons. The SMILES string of the molecule is CCNc1cn2ccnc2c(Oc2ccc(F)cc2F)n1. The summed E-state index contributed by atoms with van der Waals surface area (Å²) in [5.41, 5.74) is 0.445. The Morgan fingerprint density at radius 2 is 2.19 bits per heavy atom. The minimum Gasteiger partial charge on any atom is -0.433 e. The van der Waals surface area contributed by atoms with Crippen molar-refractivity contribution in [2.24, 2.45) is 0 Å². The van der Waals surface area contributed by atoms with E-state index in [0.29, 0.717) is 18.0 Å². The third kappa shape index (κ3) is 2.62. The van der Waals surface area contributed by atoms with Crippen molar-refractivity contribution >= 4 is 11.5 Å². The first kappa shape index (κ1) is 13.3. The second-order valence-electron chi connectivity index (χ2n) is 4.30. The maximum atomic E-state index is 13.7. The van der Waals surface area contributed by atoms with Crippen LogP contribution < -0.4 is 10.1 Å². The average Bonchev–Trinajstić information content (AvgIpc) is 2.91. The van der Waals surface area contributed by atoms with Crippen molar-refractivity contribution in [1.29, 1.82) is 0 Å². The van der Waals surface area contributed by atoms with Crippen molar-refractivity contribution in [3.63, 3.8) is 0 Å². The van der Waals surface area contributed by atoms with E-state index in [2.05, 4.69) is 15.3 Å². The minimum absolute atomic E-state index is 0.109. The van der Waals surface area contributed by atoms with Crippen LogP contribution in [0.3, 0.4) is 0 Å². The molecule has 0 saturated heterocycles. The fourth-order valence-corrected chi connectivity index (χ4v) is 1.90. The van der Waals surface area contributed by atoms with Gasteiger partial charge in [0, 0.05) is 25.0 Å². The lowest BCUT2D eigenvalue weighted by Gasteiger charge is -2.10. The first-order valence-corrected chi connectivity index (χ1v) is 6.38. The molecule has 0 fully saturated rings. The van der Waals surface area contributed by atoms with Crippen molar-refractivity contribution in [3.8, 4) is 11.6 Å². The van der Waals surface area contributed by atoms with Gasteiger partial charge in [-0.05, 0) is 19.1 Å². The summed E-state index contributed by atoms with van der Waals surface area (Å²) in [5, 5.41) is 3.05. The van der Waals surface area contributed by atoms with Gasteiger partial charge in [-0.3, -0.25) is 4.40 Å². The number of imidazole rings is 1. The molecule has 3 aromatic rings. The van der Waals surface area contributed by atoms with Crippen molar-refractivity contribution in [2.45, 2.75) is 6.92 Å². The number of nitrogens with one attached hydrogen (secondary N) is 1. The van der Waals surface area contributed by atoms with E-state index in [1.54, 1.807) is 23.0 Å². The lowest BCUT2D eigenvalue weighted by atomic mass is 10.3. The Kier molecular flexibility index (Phi) is 3.39. The Labute approximate surface area is 119 Å². The summed E-state index contributed by atoms with van der Waals surface area (Å²) < 4.78 is 33.7. The molecule has 0 aliphatic carbocycles. The molecular formula is C14H12F2N4O. The van der Waals surface area contributed by atoms with E-state index in [4.69, 9.17) is 4.74 Å². The van der Waals surface area contributed by atoms with Crippen LogP contribution >= 0.6 is 0 Å². The number of nitrogens with zero attached hydrogens (tertiary/aromatic N) is 3. The molecule has 1 N–H and O–H groups in total. The number of anilines is 1. The maximum absolute atomic E-state index is 13.7. The monoisotopic (exact) mass is 290 g/mol. The Hall–Kier alpha value is -2.70. The van der Waals surface area contributed by atoms with Crippen LogP contribution in [0.15, 0.2) is 36.8 Å². The number of rotatable bonds is 4. The fraction of sp³-hybridized carbons (Fsp3) is 0.143. The van der Waals surface area contributed by atoms with Crippen molar-refractivity contribution in [2.75, 3.05) is 11.9 Å². The molecule has 21 heavy (non-hydrogen) atoms. The van der Waals surface area contributed by atoms with Crippen LogP contribution in [0.4, 0.5) is 14.6 Å². The van der Waals surface area contributed by atoms with Crippen LogP contribution in [0.5, 0.6) is 11.6 Å². The maximum Gasteiger partial charge on any atom is 0.265 e. The molecule has 0 unspecified atom stereocenters. The van der Waals surface area contributed by atoms with E-state index < -0.39 is 11.6 Å². The molecule has 2 heterocycles. The van der Waals surface area contributed by atoms with E-state index in [9.17, 15) is 8.78 Å². The number of aromatic nitrogens is 3. The van der Waals surface area contributed by atoms with Gasteiger partial charge in [-0.2, -0.15) is 4.98 Å². The average molecular weight is 290 g/mol. The quantitative estimate of drug-likeness (QED) is 0.801. The van der Waals surface area contributed by atoms with Crippen LogP contribution in [-0.4, -0.2) is 20.9 Å². The van der Waals surface area contributed by atoms with Gasteiger partial charge in [0.15, 0.2) is 11.6 Å². The highest BCUT2D eigenvalue weighted by atomic mass is 19.1. The van der Waals surface area contributed by atoms with Crippen LogP contribution in [0.2, 0.25) is 0 Å². The number of benzene rings is 1. The van der Waals surface area contributed by atoms with Gasteiger partial charge >= 0.3 is 0 Å². The molecule has 0 atom stereocenters. The molecule has 0 saturated carbocycles. The zero-order chi connectivity index (χ0) is 14.8. The molecule has 5 nitrogen and oxygen atoms in total. The first-order chi connectivity index (χ1) is 10.2. The Morgan fingerprint density at radius 1 is 1.33 bits per heavy atom. The zero-order valence-corrected chi connectivity index (χ0v) is 11.2. The van der Waals surface area contributed by atoms with Crippen molar-refractivity contribution in [3.05, 3.63) is 48.4 Å². The van der Waals surface area contributed by atoms with E-state index in [-0.39, 0.29) is 11.6 Å². The Balaban J connectivity index is 2.04. The van der Waals surface area contributed by atoms with Gasteiger partial charge in [0.05, 0.1) is 6.20 Å². The van der Waals surface area contributed by atoms with Gasteiger partial charge in [0.1, 0.15) is 11.6 Å². The first-order valence-electron chi connectivity index (χ1n) is 6.38. The second kappa shape index (κ2) is 5.35. The van der Waals surface area contributed by atoms with Gasteiger partial charge in [-0.15, -0.1) is 0 Å². The summed E-state index contributed by atoms with van der Waals surface area (Å²) in [6.07, 6.45) is 5.06. The molecule has 7 heteroatoms. The lowest BCUT2D eigenvalue weighted by Crippen LogP contribution is -2.03. The number of hydrogen-bond acceptors (Lipinski definition) is 4. The van der Waals surface area contributed by atoms with Gasteiger partial charge in [-0.25, -0.2) is 13.8 Å². The molecule has 3 rings (SSSR count). The Bertz CT molecular complexity index is 788. The fourth-order valence-electron chi connectivity index (χ4n) is 1.90. The highest BCUT2D eigenvalue weighted by Crippen LogP contribution is 2.27. The number of hydrogen-bond donors (Lipinski definition) is 1. The normalized spacial score (nSPS) is 10.8. The highest BCUT2D eigenvalue weighted by Gasteiger charge is 2.12. The van der Waals surface area contributed by atoms with Crippen molar-refractivity contribution in [1.82, 2.24) is 14.4 Å². The molecule has 2 aromatic heterocycles. The molecule has 0 aliphatic heterocycles. The summed E-state index contributed by atoms with van der Waals surface area (Å²) in [5.74, 6) is -0.859. The third-order valence-corrected chi connectivity index (χ3v) is 2.80. The number of fused-ring (bicyclic) bond motifs is 1. The van der Waals surface area contributed by atoms with Crippen LogP contribution in [0.1, 0.15) is 6.92 Å². The van der Waals surface area contributed by atoms with Crippen LogP contribution in [0, 0.1) is 11.6 Å². The van der Waals surface area contributed by atoms with Gasteiger partial charge in [0.2, 0.25) is 5.65 Å². The summed E-state index contributed by atoms with van der Waals surface area (Å²) in [4.78, 5) is 8.36. The lowest BCUT2D eigenvalue weighted by molar-refractivity contribution is 0.426. The van der Waals surface area contributed by atoms with E-state index >= 15 is 0 Å². The highest BCUT2D eigenvalue weighted by molar-refractivity contribution is 5.55. The predicted octanol–water partition coefficient (Wildman–Crippen LogP) is 3.23.